The van der Waals surface area contributed by atoms with Crippen molar-refractivity contribution in [2.45, 2.75) is 32.6 Å². The van der Waals surface area contributed by atoms with Crippen molar-refractivity contribution in [1.82, 2.24) is 20.5 Å². The molecule has 1 amide bonds. The highest BCUT2D eigenvalue weighted by atomic mass is 16.2. The van der Waals surface area contributed by atoms with E-state index < -0.39 is 0 Å². The summed E-state index contributed by atoms with van der Waals surface area (Å²) in [5, 5.41) is 9.44. The summed E-state index contributed by atoms with van der Waals surface area (Å²) in [6.45, 7) is 2.73. The number of amides is 1. The lowest BCUT2D eigenvalue weighted by Gasteiger charge is -2.24. The van der Waals surface area contributed by atoms with Gasteiger partial charge in [-0.3, -0.25) is 9.89 Å². The van der Waals surface area contributed by atoms with Crippen molar-refractivity contribution in [1.29, 1.82) is 0 Å². The number of aromatic amines is 1. The Hall–Kier alpha value is -1.39. The molecule has 1 aromatic rings. The van der Waals surface area contributed by atoms with Crippen LogP contribution in [-0.4, -0.2) is 27.6 Å². The molecule has 15 heavy (non-hydrogen) atoms. The second-order valence-electron chi connectivity index (χ2n) is 3.97. The van der Waals surface area contributed by atoms with Gasteiger partial charge in [0, 0.05) is 13.0 Å². The topological polar surface area (TPSA) is 70.7 Å². The van der Waals surface area contributed by atoms with Crippen LogP contribution < -0.4 is 5.32 Å². The number of H-pyrrole nitrogens is 1. The number of carbonyl (C=O) groups excluding carboxylic acids is 1. The molecule has 1 heterocycles. The molecule has 2 rings (SSSR count). The molecule has 1 fully saturated rings. The predicted octanol–water partition coefficient (Wildman–Crippen LogP) is 0.897. The molecule has 0 aliphatic heterocycles. The van der Waals surface area contributed by atoms with E-state index in [1.807, 2.05) is 6.92 Å². The number of nitrogens with zero attached hydrogens (tertiary/aromatic N) is 2. The van der Waals surface area contributed by atoms with Gasteiger partial charge in [0.2, 0.25) is 5.82 Å². The van der Waals surface area contributed by atoms with Gasteiger partial charge in [0.1, 0.15) is 5.82 Å². The van der Waals surface area contributed by atoms with Crippen molar-refractivity contribution in [2.24, 2.45) is 5.92 Å². The van der Waals surface area contributed by atoms with E-state index in [1.54, 1.807) is 0 Å². The van der Waals surface area contributed by atoms with Gasteiger partial charge >= 0.3 is 0 Å². The molecular formula is C10H16N4O. The van der Waals surface area contributed by atoms with E-state index in [-0.39, 0.29) is 11.7 Å². The summed E-state index contributed by atoms with van der Waals surface area (Å²) < 4.78 is 0. The van der Waals surface area contributed by atoms with Crippen molar-refractivity contribution in [3.8, 4) is 0 Å². The minimum atomic E-state index is -0.169. The molecule has 0 atom stereocenters. The van der Waals surface area contributed by atoms with Gasteiger partial charge < -0.3 is 5.32 Å². The standard InChI is InChI=1S/C10H16N4O/c1-2-8-12-9(14-13-8)10(15)11-6-7-4-3-5-7/h7H,2-6H2,1H3,(H,11,15)(H,12,13,14). The van der Waals surface area contributed by atoms with Crippen molar-refractivity contribution >= 4 is 5.91 Å². The van der Waals surface area contributed by atoms with E-state index in [2.05, 4.69) is 20.5 Å². The third-order valence-corrected chi connectivity index (χ3v) is 2.85. The van der Waals surface area contributed by atoms with Gasteiger partial charge in [-0.15, -0.1) is 5.10 Å². The number of hydrogen-bond acceptors (Lipinski definition) is 3. The van der Waals surface area contributed by atoms with Gasteiger partial charge in [-0.2, -0.15) is 0 Å². The number of carbonyl (C=O) groups is 1. The summed E-state index contributed by atoms with van der Waals surface area (Å²) in [5.74, 6) is 1.51. The van der Waals surface area contributed by atoms with Crippen LogP contribution in [0.25, 0.3) is 0 Å². The SMILES string of the molecule is CCc1nc(C(=O)NCC2CCC2)n[nH]1. The summed E-state index contributed by atoms with van der Waals surface area (Å²) in [6.07, 6.45) is 4.52. The quantitative estimate of drug-likeness (QED) is 0.772. The molecule has 5 heteroatoms. The van der Waals surface area contributed by atoms with Crippen LogP contribution in [0, 0.1) is 5.92 Å². The molecule has 1 aromatic heterocycles. The highest BCUT2D eigenvalue weighted by molar-refractivity contribution is 5.90. The Kier molecular flexibility index (Phi) is 2.99. The third-order valence-electron chi connectivity index (χ3n) is 2.85. The van der Waals surface area contributed by atoms with Crippen molar-refractivity contribution in [3.63, 3.8) is 0 Å². The highest BCUT2D eigenvalue weighted by Gasteiger charge is 2.19. The Balaban J connectivity index is 1.83. The maximum atomic E-state index is 11.6. The monoisotopic (exact) mass is 208 g/mol. The lowest BCUT2D eigenvalue weighted by Crippen LogP contribution is -2.32. The van der Waals surface area contributed by atoms with Gasteiger partial charge in [0.05, 0.1) is 0 Å². The zero-order chi connectivity index (χ0) is 10.7. The summed E-state index contributed by atoms with van der Waals surface area (Å²) in [5.41, 5.74) is 0. The zero-order valence-corrected chi connectivity index (χ0v) is 8.92. The Morgan fingerprint density at radius 1 is 1.60 bits per heavy atom. The minimum absolute atomic E-state index is 0.169. The first-order chi connectivity index (χ1) is 7.29. The molecule has 1 aliphatic rings. The normalized spacial score (nSPS) is 16.1. The van der Waals surface area contributed by atoms with E-state index in [9.17, 15) is 4.79 Å². The molecule has 0 bridgehead atoms. The van der Waals surface area contributed by atoms with Gasteiger partial charge in [0.25, 0.3) is 5.91 Å². The summed E-state index contributed by atoms with van der Waals surface area (Å²) in [6, 6.07) is 0. The van der Waals surface area contributed by atoms with Crippen LogP contribution in [0.1, 0.15) is 42.6 Å². The van der Waals surface area contributed by atoms with Crippen molar-refractivity contribution < 1.29 is 4.79 Å². The lowest BCUT2D eigenvalue weighted by atomic mass is 9.85. The molecule has 1 aliphatic carbocycles. The molecule has 0 unspecified atom stereocenters. The largest absolute Gasteiger partial charge is 0.349 e. The molecule has 1 saturated carbocycles. The number of rotatable bonds is 4. The highest BCUT2D eigenvalue weighted by Crippen LogP contribution is 2.25. The Labute approximate surface area is 88.7 Å². The number of aryl methyl sites for hydroxylation is 1. The van der Waals surface area contributed by atoms with Gasteiger partial charge in [-0.25, -0.2) is 4.98 Å². The zero-order valence-electron chi connectivity index (χ0n) is 8.92. The fourth-order valence-corrected chi connectivity index (χ4v) is 1.57. The minimum Gasteiger partial charge on any atom is -0.349 e. The molecule has 0 saturated heterocycles. The Morgan fingerprint density at radius 3 is 2.93 bits per heavy atom. The second-order valence-corrected chi connectivity index (χ2v) is 3.97. The van der Waals surface area contributed by atoms with Crippen LogP contribution in [-0.2, 0) is 6.42 Å². The van der Waals surface area contributed by atoms with Gasteiger partial charge in [-0.1, -0.05) is 13.3 Å². The molecule has 0 spiro atoms. The van der Waals surface area contributed by atoms with Crippen LogP contribution in [0.2, 0.25) is 0 Å². The van der Waals surface area contributed by atoms with E-state index in [1.165, 1.54) is 19.3 Å². The average molecular weight is 208 g/mol. The van der Waals surface area contributed by atoms with Gasteiger partial charge in [-0.05, 0) is 18.8 Å². The van der Waals surface area contributed by atoms with Crippen LogP contribution in [0.15, 0.2) is 0 Å². The van der Waals surface area contributed by atoms with E-state index >= 15 is 0 Å². The number of hydrogen-bond donors (Lipinski definition) is 2. The van der Waals surface area contributed by atoms with Crippen LogP contribution in [0.5, 0.6) is 0 Å². The van der Waals surface area contributed by atoms with Gasteiger partial charge in [0.15, 0.2) is 0 Å². The smallest absolute Gasteiger partial charge is 0.290 e. The van der Waals surface area contributed by atoms with Crippen molar-refractivity contribution in [3.05, 3.63) is 11.6 Å². The third kappa shape index (κ3) is 2.34. The Bertz CT molecular complexity index is 343. The summed E-state index contributed by atoms with van der Waals surface area (Å²) in [4.78, 5) is 15.6. The second kappa shape index (κ2) is 4.42. The summed E-state index contributed by atoms with van der Waals surface area (Å²) >= 11 is 0. The first-order valence-electron chi connectivity index (χ1n) is 5.49. The molecule has 2 N–H and O–H groups in total. The average Bonchev–Trinajstić information content (AvgIpc) is 2.63. The summed E-state index contributed by atoms with van der Waals surface area (Å²) in [7, 11) is 0. The number of nitrogens with one attached hydrogen (secondary N) is 2. The molecule has 5 nitrogen and oxygen atoms in total. The van der Waals surface area contributed by atoms with E-state index in [0.29, 0.717) is 5.92 Å². The lowest BCUT2D eigenvalue weighted by molar-refractivity contribution is 0.0929. The Morgan fingerprint density at radius 2 is 2.40 bits per heavy atom. The van der Waals surface area contributed by atoms with Crippen LogP contribution in [0.4, 0.5) is 0 Å². The fourth-order valence-electron chi connectivity index (χ4n) is 1.57. The molecule has 82 valence electrons. The van der Waals surface area contributed by atoms with Crippen molar-refractivity contribution in [2.75, 3.05) is 6.54 Å². The predicted molar refractivity (Wildman–Crippen MR) is 55.4 cm³/mol. The van der Waals surface area contributed by atoms with Crippen LogP contribution in [0.3, 0.4) is 0 Å². The first-order valence-corrected chi connectivity index (χ1v) is 5.49. The molecule has 0 aromatic carbocycles. The molecular weight excluding hydrogens is 192 g/mol. The van der Waals surface area contributed by atoms with E-state index in [4.69, 9.17) is 0 Å². The maximum absolute atomic E-state index is 11.6. The van der Waals surface area contributed by atoms with Crippen LogP contribution >= 0.6 is 0 Å². The first kappa shape index (κ1) is 10.1. The number of aromatic nitrogens is 3. The van der Waals surface area contributed by atoms with E-state index in [0.717, 1.165) is 18.8 Å². The maximum Gasteiger partial charge on any atom is 0.290 e. The molecule has 0 radical (unpaired) electrons. The fraction of sp³-hybridized carbons (Fsp3) is 0.700.